The van der Waals surface area contributed by atoms with E-state index in [1.165, 1.54) is 4.68 Å². The smallest absolute Gasteiger partial charge is 0.109 e. The molecule has 0 saturated heterocycles. The van der Waals surface area contributed by atoms with Crippen molar-refractivity contribution in [1.82, 2.24) is 15.0 Å². The molecule has 1 aromatic heterocycles. The number of benzene rings is 1. The van der Waals surface area contributed by atoms with Gasteiger partial charge in [-0.05, 0) is 28.1 Å². The summed E-state index contributed by atoms with van der Waals surface area (Å²) < 4.78 is 2.18. The highest BCUT2D eigenvalue weighted by Crippen LogP contribution is 2.34. The highest BCUT2D eigenvalue weighted by molar-refractivity contribution is 9.10. The minimum atomic E-state index is -0.165. The third kappa shape index (κ3) is 2.08. The summed E-state index contributed by atoms with van der Waals surface area (Å²) in [6, 6.07) is 3.53. The van der Waals surface area contributed by atoms with Crippen LogP contribution in [0.4, 0.5) is 0 Å². The van der Waals surface area contributed by atoms with Crippen LogP contribution >= 0.6 is 39.1 Å². The summed E-state index contributed by atoms with van der Waals surface area (Å²) in [6.45, 7) is -0.165. The van der Waals surface area contributed by atoms with Crippen molar-refractivity contribution < 1.29 is 5.11 Å². The number of aliphatic hydroxyl groups excluding tert-OH is 1. The van der Waals surface area contributed by atoms with Gasteiger partial charge < -0.3 is 5.11 Å². The van der Waals surface area contributed by atoms with Crippen molar-refractivity contribution in [2.24, 2.45) is 0 Å². The lowest BCUT2D eigenvalue weighted by atomic mass is 10.3. The number of hydrogen-bond donors (Lipinski definition) is 1. The van der Waals surface area contributed by atoms with Crippen LogP contribution in [0.5, 0.6) is 0 Å². The normalized spacial score (nSPS) is 10.8. The molecule has 0 fully saturated rings. The molecular weight excluding hydrogens is 317 g/mol. The van der Waals surface area contributed by atoms with Gasteiger partial charge in [-0.1, -0.05) is 28.4 Å². The molecule has 84 valence electrons. The molecule has 0 saturated carbocycles. The van der Waals surface area contributed by atoms with Crippen LogP contribution in [0, 0.1) is 0 Å². The Bertz CT molecular complexity index is 529. The van der Waals surface area contributed by atoms with Crippen LogP contribution in [-0.2, 0) is 6.61 Å². The maximum absolute atomic E-state index is 8.88. The van der Waals surface area contributed by atoms with Gasteiger partial charge in [-0.25, -0.2) is 4.68 Å². The Morgan fingerprint density at radius 2 is 2.06 bits per heavy atom. The predicted octanol–water partition coefficient (Wildman–Crippen LogP) is 2.83. The molecule has 2 aromatic rings. The Morgan fingerprint density at radius 3 is 2.69 bits per heavy atom. The molecule has 0 amide bonds. The third-order valence-corrected chi connectivity index (χ3v) is 3.73. The van der Waals surface area contributed by atoms with Crippen molar-refractivity contribution >= 4 is 39.1 Å². The number of aliphatic hydroxyl groups is 1. The van der Waals surface area contributed by atoms with E-state index >= 15 is 0 Å². The molecule has 7 heteroatoms. The molecule has 0 atom stereocenters. The Hall–Kier alpha value is -0.620. The standard InChI is InChI=1S/C9H6BrCl2N3O/c10-6-1-2-7(9(12)8(6)11)15-3-5(4-16)13-14-15/h1-3,16H,4H2. The topological polar surface area (TPSA) is 50.9 Å². The minimum absolute atomic E-state index is 0.165. The molecule has 4 nitrogen and oxygen atoms in total. The van der Waals surface area contributed by atoms with Gasteiger partial charge in [0.15, 0.2) is 0 Å². The molecule has 0 radical (unpaired) electrons. The summed E-state index contributed by atoms with van der Waals surface area (Å²) in [7, 11) is 0. The zero-order valence-electron chi connectivity index (χ0n) is 7.86. The van der Waals surface area contributed by atoms with Crippen molar-refractivity contribution in [3.8, 4) is 5.69 Å². The number of aromatic nitrogens is 3. The van der Waals surface area contributed by atoms with Crippen LogP contribution < -0.4 is 0 Å². The molecule has 0 aliphatic heterocycles. The van der Waals surface area contributed by atoms with Gasteiger partial charge in [0.2, 0.25) is 0 Å². The Balaban J connectivity index is 2.52. The quantitative estimate of drug-likeness (QED) is 0.865. The van der Waals surface area contributed by atoms with Gasteiger partial charge in [-0.3, -0.25) is 0 Å². The summed E-state index contributed by atoms with van der Waals surface area (Å²) in [5.74, 6) is 0. The second kappa shape index (κ2) is 4.71. The molecule has 0 unspecified atom stereocenters. The molecule has 0 bridgehead atoms. The fourth-order valence-corrected chi connectivity index (χ4v) is 2.04. The fourth-order valence-electron chi connectivity index (χ4n) is 1.18. The first-order valence-electron chi connectivity index (χ1n) is 4.29. The summed E-state index contributed by atoms with van der Waals surface area (Å²) in [4.78, 5) is 0. The minimum Gasteiger partial charge on any atom is -0.390 e. The second-order valence-electron chi connectivity index (χ2n) is 3.01. The number of rotatable bonds is 2. The fraction of sp³-hybridized carbons (Fsp3) is 0.111. The summed E-state index contributed by atoms with van der Waals surface area (Å²) in [6.07, 6.45) is 1.59. The van der Waals surface area contributed by atoms with Gasteiger partial charge in [-0.2, -0.15) is 0 Å². The van der Waals surface area contributed by atoms with E-state index in [2.05, 4.69) is 26.2 Å². The molecular formula is C9H6BrCl2N3O. The number of hydrogen-bond acceptors (Lipinski definition) is 3. The van der Waals surface area contributed by atoms with Gasteiger partial charge in [0, 0.05) is 4.47 Å². The monoisotopic (exact) mass is 321 g/mol. The Kier molecular flexibility index (Phi) is 3.49. The van der Waals surface area contributed by atoms with Crippen LogP contribution in [0.15, 0.2) is 22.8 Å². The van der Waals surface area contributed by atoms with Crippen molar-refractivity contribution in [3.63, 3.8) is 0 Å². The maximum Gasteiger partial charge on any atom is 0.109 e. The van der Waals surface area contributed by atoms with Gasteiger partial charge in [-0.15, -0.1) is 5.10 Å². The molecule has 1 aromatic carbocycles. The van der Waals surface area contributed by atoms with Crippen LogP contribution in [-0.4, -0.2) is 20.1 Å². The lowest BCUT2D eigenvalue weighted by molar-refractivity contribution is 0.276. The van der Waals surface area contributed by atoms with Gasteiger partial charge >= 0.3 is 0 Å². The molecule has 1 heterocycles. The van der Waals surface area contributed by atoms with Gasteiger partial charge in [0.1, 0.15) is 5.69 Å². The van der Waals surface area contributed by atoms with Crippen molar-refractivity contribution in [3.05, 3.63) is 38.5 Å². The first-order valence-corrected chi connectivity index (χ1v) is 5.84. The lowest BCUT2D eigenvalue weighted by Gasteiger charge is -2.05. The van der Waals surface area contributed by atoms with Gasteiger partial charge in [0.25, 0.3) is 0 Å². The number of nitrogens with zero attached hydrogens (tertiary/aromatic N) is 3. The van der Waals surface area contributed by atoms with Crippen molar-refractivity contribution in [2.45, 2.75) is 6.61 Å². The SMILES string of the molecule is OCc1cn(-c2ccc(Br)c(Cl)c2Cl)nn1. The molecule has 1 N–H and O–H groups in total. The molecule has 16 heavy (non-hydrogen) atoms. The molecule has 0 aliphatic carbocycles. The first-order chi connectivity index (χ1) is 7.63. The van der Waals surface area contributed by atoms with E-state index in [4.69, 9.17) is 28.3 Å². The van der Waals surface area contributed by atoms with E-state index in [9.17, 15) is 0 Å². The number of halogens is 3. The van der Waals surface area contributed by atoms with E-state index in [-0.39, 0.29) is 6.61 Å². The van der Waals surface area contributed by atoms with Crippen molar-refractivity contribution in [2.75, 3.05) is 0 Å². The largest absolute Gasteiger partial charge is 0.390 e. The third-order valence-electron chi connectivity index (χ3n) is 1.96. The highest BCUT2D eigenvalue weighted by atomic mass is 79.9. The average molecular weight is 323 g/mol. The summed E-state index contributed by atoms with van der Waals surface area (Å²) in [5, 5.41) is 17.3. The van der Waals surface area contributed by atoms with Crippen molar-refractivity contribution in [1.29, 1.82) is 0 Å². The zero-order chi connectivity index (χ0) is 11.7. The summed E-state index contributed by atoms with van der Waals surface area (Å²) in [5.41, 5.74) is 1.08. The zero-order valence-corrected chi connectivity index (χ0v) is 11.0. The van der Waals surface area contributed by atoms with E-state index in [0.29, 0.717) is 25.9 Å². The lowest BCUT2D eigenvalue weighted by Crippen LogP contribution is -1.96. The maximum atomic E-state index is 8.88. The Labute approximate surface area is 110 Å². The van der Waals surface area contributed by atoms with Crippen LogP contribution in [0.25, 0.3) is 5.69 Å². The first kappa shape index (κ1) is 11.9. The average Bonchev–Trinajstić information content (AvgIpc) is 2.74. The molecule has 2 rings (SSSR count). The Morgan fingerprint density at radius 1 is 1.31 bits per heavy atom. The van der Waals surface area contributed by atoms with E-state index < -0.39 is 0 Å². The second-order valence-corrected chi connectivity index (χ2v) is 4.62. The van der Waals surface area contributed by atoms with Crippen LogP contribution in [0.1, 0.15) is 5.69 Å². The van der Waals surface area contributed by atoms with E-state index in [0.717, 1.165) is 0 Å². The molecule has 0 aliphatic rings. The van der Waals surface area contributed by atoms with E-state index in [1.807, 2.05) is 0 Å². The highest BCUT2D eigenvalue weighted by Gasteiger charge is 2.11. The molecule has 0 spiro atoms. The van der Waals surface area contributed by atoms with E-state index in [1.54, 1.807) is 18.3 Å². The van der Waals surface area contributed by atoms with Crippen LogP contribution in [0.2, 0.25) is 10.0 Å². The predicted molar refractivity (Wildman–Crippen MR) is 65.0 cm³/mol. The van der Waals surface area contributed by atoms with Gasteiger partial charge in [0.05, 0.1) is 28.5 Å². The van der Waals surface area contributed by atoms with Crippen LogP contribution in [0.3, 0.4) is 0 Å². The summed E-state index contributed by atoms with van der Waals surface area (Å²) >= 11 is 15.3.